The number of anilines is 1. The van der Waals surface area contributed by atoms with E-state index < -0.39 is 29.5 Å². The molecule has 3 N–H and O–H groups in total. The van der Waals surface area contributed by atoms with Gasteiger partial charge in [0.15, 0.2) is 11.5 Å². The molecule has 292 valence electrons. The van der Waals surface area contributed by atoms with E-state index in [4.69, 9.17) is 18.9 Å². The number of nitrogens with one attached hydrogen (secondary N) is 3. The fourth-order valence-corrected chi connectivity index (χ4v) is 7.98. The van der Waals surface area contributed by atoms with Gasteiger partial charge in [-0.05, 0) is 82.5 Å². The maximum absolute atomic E-state index is 14.2. The fourth-order valence-electron chi connectivity index (χ4n) is 7.98. The second kappa shape index (κ2) is 16.6. The quantitative estimate of drug-likeness (QED) is 0.128. The molecule has 2 aliphatic carbocycles. The molecule has 0 saturated heterocycles. The van der Waals surface area contributed by atoms with Crippen LogP contribution in [0.15, 0.2) is 102 Å². The third kappa shape index (κ3) is 7.91. The normalized spacial score (nSPS) is 14.4. The Bertz CT molecular complexity index is 2370. The van der Waals surface area contributed by atoms with Gasteiger partial charge in [0.25, 0.3) is 0 Å². The monoisotopic (exact) mass is 767 g/mol. The maximum Gasteiger partial charge on any atom is 0.407 e. The van der Waals surface area contributed by atoms with Crippen LogP contribution < -0.4 is 35.6 Å². The molecule has 7 rings (SSSR count). The Balaban J connectivity index is 1.20. The van der Waals surface area contributed by atoms with Crippen molar-refractivity contribution in [1.82, 2.24) is 10.6 Å². The van der Waals surface area contributed by atoms with Crippen molar-refractivity contribution in [3.63, 3.8) is 0 Å². The summed E-state index contributed by atoms with van der Waals surface area (Å²) in [6.45, 7) is 3.46. The van der Waals surface area contributed by atoms with Gasteiger partial charge in [-0.15, -0.1) is 0 Å². The highest BCUT2D eigenvalue weighted by Crippen LogP contribution is 2.50. The summed E-state index contributed by atoms with van der Waals surface area (Å²) >= 11 is 0. The molecule has 0 saturated carbocycles. The molecular formula is C46H45N3O8. The van der Waals surface area contributed by atoms with Gasteiger partial charge in [0.2, 0.25) is 23.0 Å². The molecule has 2 atom stereocenters. The summed E-state index contributed by atoms with van der Waals surface area (Å²) < 4.78 is 23.0. The van der Waals surface area contributed by atoms with Crippen LogP contribution in [0.4, 0.5) is 10.5 Å². The molecule has 0 unspecified atom stereocenters. The summed E-state index contributed by atoms with van der Waals surface area (Å²) in [6.07, 6.45) is 0.390. The summed E-state index contributed by atoms with van der Waals surface area (Å²) in [6, 6.07) is 28.7. The van der Waals surface area contributed by atoms with E-state index >= 15 is 0 Å². The van der Waals surface area contributed by atoms with E-state index in [0.29, 0.717) is 46.8 Å². The van der Waals surface area contributed by atoms with E-state index in [1.807, 2.05) is 73.7 Å². The number of aryl methyl sites for hydroxylation is 2. The van der Waals surface area contributed by atoms with E-state index in [2.05, 4.69) is 28.1 Å². The Labute approximate surface area is 331 Å². The summed E-state index contributed by atoms with van der Waals surface area (Å²) in [5, 5.41) is 8.56. The van der Waals surface area contributed by atoms with Crippen molar-refractivity contribution in [2.75, 3.05) is 33.3 Å². The average molecular weight is 768 g/mol. The number of ether oxygens (including phenoxy) is 4. The summed E-state index contributed by atoms with van der Waals surface area (Å²) in [7, 11) is 4.59. The van der Waals surface area contributed by atoms with Gasteiger partial charge in [-0.3, -0.25) is 14.4 Å². The number of hydrogen-bond acceptors (Lipinski definition) is 8. The lowest BCUT2D eigenvalue weighted by atomic mass is 9.95. The maximum atomic E-state index is 14.2. The first-order valence-electron chi connectivity index (χ1n) is 18.9. The molecule has 2 aliphatic rings. The Morgan fingerprint density at radius 1 is 0.772 bits per heavy atom. The molecule has 0 aliphatic heterocycles. The first kappa shape index (κ1) is 38.6. The van der Waals surface area contributed by atoms with Crippen molar-refractivity contribution in [1.29, 1.82) is 0 Å². The smallest absolute Gasteiger partial charge is 0.407 e. The first-order chi connectivity index (χ1) is 27.6. The average Bonchev–Trinajstić information content (AvgIpc) is 3.34. The van der Waals surface area contributed by atoms with E-state index in [1.165, 1.54) is 33.3 Å². The Hall–Kier alpha value is -6.62. The number of methoxy groups -OCH3 is 3. The number of carbonyl (C=O) groups excluding carboxylic acids is 3. The lowest BCUT2D eigenvalue weighted by Crippen LogP contribution is -2.46. The van der Waals surface area contributed by atoms with Crippen LogP contribution in [-0.2, 0) is 27.2 Å². The van der Waals surface area contributed by atoms with E-state index in [-0.39, 0.29) is 30.5 Å². The van der Waals surface area contributed by atoms with Gasteiger partial charge in [0, 0.05) is 24.8 Å². The van der Waals surface area contributed by atoms with E-state index in [9.17, 15) is 19.2 Å². The van der Waals surface area contributed by atoms with E-state index in [0.717, 1.165) is 38.9 Å². The van der Waals surface area contributed by atoms with Gasteiger partial charge in [-0.2, -0.15) is 0 Å². The Kier molecular flexibility index (Phi) is 11.3. The number of alkyl carbamates (subject to hydrolysis) is 1. The molecule has 0 bridgehead atoms. The van der Waals surface area contributed by atoms with Crippen molar-refractivity contribution in [3.05, 3.63) is 141 Å². The highest BCUT2D eigenvalue weighted by Gasteiger charge is 2.32. The first-order valence-corrected chi connectivity index (χ1v) is 18.9. The third-order valence-corrected chi connectivity index (χ3v) is 10.7. The molecule has 0 radical (unpaired) electrons. The van der Waals surface area contributed by atoms with Crippen molar-refractivity contribution in [2.24, 2.45) is 0 Å². The zero-order valence-corrected chi connectivity index (χ0v) is 32.6. The standard InChI is InChI=1S/C46H45N3O8/c1-26-14-16-28(17-15-26)22-39(49-46(53)57-25-36-32-12-8-6-10-30(32)31-11-7-9-13-33(31)36)45(52)48-38-21-19-34-35(24-40(38)51)37(47-27(2)50)20-18-29-23-41(54-3)43(55-4)44(56-5)42(29)34/h6-17,19,21,23-24,36-37,39H,18,20,22,25H2,1-5H3,(H,47,50)(H,49,53)(H,48,51,52)/t37-,39-/m0/s1. The molecule has 0 fully saturated rings. The second-order valence-corrected chi connectivity index (χ2v) is 14.3. The number of carbonyl (C=O) groups is 3. The third-order valence-electron chi connectivity index (χ3n) is 10.7. The number of amides is 3. The number of benzene rings is 4. The number of hydrogen-bond donors (Lipinski definition) is 3. The van der Waals surface area contributed by atoms with E-state index in [1.54, 1.807) is 13.2 Å². The summed E-state index contributed by atoms with van der Waals surface area (Å²) in [4.78, 5) is 54.1. The lowest BCUT2D eigenvalue weighted by molar-refractivity contribution is -0.120. The zero-order valence-electron chi connectivity index (χ0n) is 32.6. The van der Waals surface area contributed by atoms with Crippen molar-refractivity contribution in [3.8, 4) is 39.5 Å². The molecular weight excluding hydrogens is 723 g/mol. The van der Waals surface area contributed by atoms with Crippen LogP contribution in [0.3, 0.4) is 0 Å². The SMILES string of the molecule is COc1cc2c(c(OC)c1OC)-c1ccc(NC(=O)[C@H](Cc3ccc(C)cc3)NC(=O)OCC3c4ccccc4-c4ccccc43)c(=O)cc1[C@@H](NC(C)=O)CC2. The van der Waals surface area contributed by atoms with Crippen molar-refractivity contribution >= 4 is 23.6 Å². The fraction of sp³-hybridized carbons (Fsp3) is 0.261. The van der Waals surface area contributed by atoms with Gasteiger partial charge in [-0.25, -0.2) is 4.79 Å². The minimum Gasteiger partial charge on any atom is -0.493 e. The van der Waals surface area contributed by atoms with Crippen LogP contribution in [0, 0.1) is 6.92 Å². The van der Waals surface area contributed by atoms with Crippen molar-refractivity contribution in [2.45, 2.75) is 51.1 Å². The van der Waals surface area contributed by atoms with Crippen LogP contribution in [-0.4, -0.2) is 51.9 Å². The van der Waals surface area contributed by atoms with Crippen LogP contribution in [0.1, 0.15) is 58.7 Å². The Morgan fingerprint density at radius 2 is 1.44 bits per heavy atom. The molecule has 0 heterocycles. The number of rotatable bonds is 11. The molecule has 0 aromatic heterocycles. The molecule has 5 aromatic rings. The minimum absolute atomic E-state index is 0.0149. The zero-order chi connectivity index (χ0) is 40.2. The largest absolute Gasteiger partial charge is 0.493 e. The molecule has 11 nitrogen and oxygen atoms in total. The molecule has 11 heteroatoms. The van der Waals surface area contributed by atoms with Crippen LogP contribution in [0.25, 0.3) is 22.3 Å². The highest BCUT2D eigenvalue weighted by molar-refractivity contribution is 5.97. The number of fused-ring (bicyclic) bond motifs is 6. The molecule has 0 spiro atoms. The predicted molar refractivity (Wildman–Crippen MR) is 218 cm³/mol. The topological polar surface area (TPSA) is 141 Å². The Morgan fingerprint density at radius 3 is 2.07 bits per heavy atom. The second-order valence-electron chi connectivity index (χ2n) is 14.3. The molecule has 3 amide bonds. The van der Waals surface area contributed by atoms with Crippen molar-refractivity contribution < 1.29 is 33.3 Å². The lowest BCUT2D eigenvalue weighted by Gasteiger charge is -2.20. The predicted octanol–water partition coefficient (Wildman–Crippen LogP) is 7.26. The van der Waals surface area contributed by atoms with Gasteiger partial charge < -0.3 is 34.9 Å². The minimum atomic E-state index is -1.10. The van der Waals surface area contributed by atoms with Crippen LogP contribution in [0.5, 0.6) is 17.2 Å². The highest BCUT2D eigenvalue weighted by atomic mass is 16.5. The molecule has 5 aromatic carbocycles. The van der Waals surface area contributed by atoms with Crippen LogP contribution in [0.2, 0.25) is 0 Å². The van der Waals surface area contributed by atoms with Gasteiger partial charge in [-0.1, -0.05) is 84.4 Å². The van der Waals surface area contributed by atoms with Gasteiger partial charge in [0.1, 0.15) is 12.6 Å². The summed E-state index contributed by atoms with van der Waals surface area (Å²) in [5.41, 5.74) is 8.40. The molecule has 57 heavy (non-hydrogen) atoms. The van der Waals surface area contributed by atoms with Gasteiger partial charge in [0.05, 0.1) is 33.1 Å². The van der Waals surface area contributed by atoms with Gasteiger partial charge >= 0.3 is 6.09 Å². The summed E-state index contributed by atoms with van der Waals surface area (Å²) in [5.74, 6) is 0.236. The van der Waals surface area contributed by atoms with Crippen LogP contribution >= 0.6 is 0 Å².